The minimum atomic E-state index is 0.321. The molecule has 2 nitrogen and oxygen atoms in total. The van der Waals surface area contributed by atoms with E-state index >= 15 is 0 Å². The fourth-order valence-electron chi connectivity index (χ4n) is 1.63. The van der Waals surface area contributed by atoms with Gasteiger partial charge in [0.05, 0.1) is 0 Å². The minimum absolute atomic E-state index is 0.321. The fourth-order valence-corrected chi connectivity index (χ4v) is 1.87. The van der Waals surface area contributed by atoms with Crippen LogP contribution in [0.1, 0.15) is 25.3 Å². The van der Waals surface area contributed by atoms with Crippen molar-refractivity contribution in [3.05, 3.63) is 29.8 Å². The van der Waals surface area contributed by atoms with Crippen LogP contribution in [0.4, 0.5) is 0 Å². The van der Waals surface area contributed by atoms with Crippen molar-refractivity contribution in [2.24, 2.45) is 0 Å². The molecule has 0 heterocycles. The Morgan fingerprint density at radius 2 is 1.88 bits per heavy atom. The number of rotatable bonds is 7. The maximum Gasteiger partial charge on any atom is 0.115 e. The van der Waals surface area contributed by atoms with Crippen LogP contribution in [0, 0.1) is 0 Å². The summed E-state index contributed by atoms with van der Waals surface area (Å²) < 4.78 is 0. The topological polar surface area (TPSA) is 23.5 Å². The van der Waals surface area contributed by atoms with Gasteiger partial charge in [-0.3, -0.25) is 4.90 Å². The molecule has 1 aromatic rings. The molecule has 0 fully saturated rings. The van der Waals surface area contributed by atoms with Gasteiger partial charge >= 0.3 is 0 Å². The van der Waals surface area contributed by atoms with Crippen molar-refractivity contribution in [2.75, 3.05) is 19.0 Å². The number of phenolic OH excluding ortho intramolecular Hbond substituents is 1. The zero-order chi connectivity index (χ0) is 11.8. The van der Waals surface area contributed by atoms with E-state index in [4.69, 9.17) is 11.6 Å². The number of halogens is 1. The molecule has 0 aliphatic rings. The van der Waals surface area contributed by atoms with Crippen LogP contribution in [-0.2, 0) is 6.54 Å². The predicted octanol–water partition coefficient (Wildman–Crippen LogP) is 3.23. The number of alkyl halides is 1. The van der Waals surface area contributed by atoms with Crippen molar-refractivity contribution in [1.82, 2.24) is 4.90 Å². The lowest BCUT2D eigenvalue weighted by Crippen LogP contribution is -2.26. The molecule has 0 amide bonds. The average molecular weight is 242 g/mol. The number of benzene rings is 1. The SMILES string of the molecule is CCCCN(CCCl)Cc1ccc(O)cc1. The Kier molecular flexibility index (Phi) is 6.27. The van der Waals surface area contributed by atoms with E-state index in [-0.39, 0.29) is 0 Å². The highest BCUT2D eigenvalue weighted by Gasteiger charge is 2.04. The first-order chi connectivity index (χ1) is 7.76. The Bertz CT molecular complexity index is 286. The van der Waals surface area contributed by atoms with Crippen LogP contribution in [0.3, 0.4) is 0 Å². The number of hydrogen-bond donors (Lipinski definition) is 1. The largest absolute Gasteiger partial charge is 0.508 e. The molecule has 1 aromatic carbocycles. The second-order valence-electron chi connectivity index (χ2n) is 3.99. The summed E-state index contributed by atoms with van der Waals surface area (Å²) in [5.41, 5.74) is 1.22. The molecule has 1 rings (SSSR count). The summed E-state index contributed by atoms with van der Waals surface area (Å²) in [5.74, 6) is 0.989. The zero-order valence-corrected chi connectivity index (χ0v) is 10.6. The second-order valence-corrected chi connectivity index (χ2v) is 4.36. The van der Waals surface area contributed by atoms with E-state index < -0.39 is 0 Å². The van der Waals surface area contributed by atoms with Crippen LogP contribution < -0.4 is 0 Å². The molecule has 3 heteroatoms. The lowest BCUT2D eigenvalue weighted by molar-refractivity contribution is 0.277. The highest BCUT2D eigenvalue weighted by Crippen LogP contribution is 2.12. The molecule has 0 bridgehead atoms. The highest BCUT2D eigenvalue weighted by molar-refractivity contribution is 6.18. The molecule has 0 unspecified atom stereocenters. The molecular weight excluding hydrogens is 222 g/mol. The first-order valence-corrected chi connectivity index (χ1v) is 6.36. The first kappa shape index (κ1) is 13.3. The van der Waals surface area contributed by atoms with Gasteiger partial charge in [0.1, 0.15) is 5.75 Å². The van der Waals surface area contributed by atoms with Crippen molar-refractivity contribution >= 4 is 11.6 Å². The molecule has 0 saturated carbocycles. The van der Waals surface area contributed by atoms with Crippen molar-refractivity contribution in [1.29, 1.82) is 0 Å². The Labute approximate surface area is 103 Å². The molecule has 0 radical (unpaired) electrons. The van der Waals surface area contributed by atoms with Crippen LogP contribution >= 0.6 is 11.6 Å². The molecule has 0 aromatic heterocycles. The molecule has 0 aliphatic carbocycles. The van der Waals surface area contributed by atoms with Crippen molar-refractivity contribution < 1.29 is 5.11 Å². The summed E-state index contributed by atoms with van der Waals surface area (Å²) in [5, 5.41) is 9.20. The number of phenols is 1. The lowest BCUT2D eigenvalue weighted by atomic mass is 10.2. The van der Waals surface area contributed by atoms with E-state index in [1.54, 1.807) is 12.1 Å². The van der Waals surface area contributed by atoms with Gasteiger partial charge in [-0.05, 0) is 30.7 Å². The average Bonchev–Trinajstić information content (AvgIpc) is 2.29. The molecule has 0 aliphatic heterocycles. The minimum Gasteiger partial charge on any atom is -0.508 e. The molecule has 90 valence electrons. The maximum absolute atomic E-state index is 9.20. The summed E-state index contributed by atoms with van der Waals surface area (Å²) in [6, 6.07) is 7.38. The van der Waals surface area contributed by atoms with Crippen LogP contribution in [0.25, 0.3) is 0 Å². The third kappa shape index (κ3) is 4.86. The van der Waals surface area contributed by atoms with Gasteiger partial charge in [0.25, 0.3) is 0 Å². The van der Waals surface area contributed by atoms with Crippen LogP contribution in [0.15, 0.2) is 24.3 Å². The Hall–Kier alpha value is -0.730. The standard InChI is InChI=1S/C13H20ClNO/c1-2-3-9-15(10-8-14)11-12-4-6-13(16)7-5-12/h4-7,16H,2-3,8-11H2,1H3. The number of unbranched alkanes of at least 4 members (excludes halogenated alkanes) is 1. The van der Waals surface area contributed by atoms with Gasteiger partial charge in [-0.2, -0.15) is 0 Å². The van der Waals surface area contributed by atoms with Crippen LogP contribution in [0.2, 0.25) is 0 Å². The summed E-state index contributed by atoms with van der Waals surface area (Å²) in [4.78, 5) is 2.35. The van der Waals surface area contributed by atoms with Gasteiger partial charge < -0.3 is 5.11 Å². The summed E-state index contributed by atoms with van der Waals surface area (Å²) in [6.07, 6.45) is 2.41. The predicted molar refractivity (Wildman–Crippen MR) is 69.0 cm³/mol. The van der Waals surface area contributed by atoms with Gasteiger partial charge in [-0.25, -0.2) is 0 Å². The van der Waals surface area contributed by atoms with E-state index in [0.29, 0.717) is 11.6 Å². The molecule has 1 N–H and O–H groups in total. The number of hydrogen-bond acceptors (Lipinski definition) is 2. The molecular formula is C13H20ClNO. The van der Waals surface area contributed by atoms with E-state index in [2.05, 4.69) is 11.8 Å². The first-order valence-electron chi connectivity index (χ1n) is 5.82. The van der Waals surface area contributed by atoms with Crippen molar-refractivity contribution in [3.63, 3.8) is 0 Å². The summed E-state index contributed by atoms with van der Waals surface area (Å²) in [7, 11) is 0. The van der Waals surface area contributed by atoms with Gasteiger partial charge in [0.15, 0.2) is 0 Å². The molecule has 16 heavy (non-hydrogen) atoms. The normalized spacial score (nSPS) is 10.9. The fraction of sp³-hybridized carbons (Fsp3) is 0.538. The van der Waals surface area contributed by atoms with Crippen LogP contribution in [0.5, 0.6) is 5.75 Å². The second kappa shape index (κ2) is 7.53. The van der Waals surface area contributed by atoms with Gasteiger partial charge in [0, 0.05) is 19.0 Å². The number of nitrogens with zero attached hydrogens (tertiary/aromatic N) is 1. The Morgan fingerprint density at radius 1 is 1.19 bits per heavy atom. The highest BCUT2D eigenvalue weighted by atomic mass is 35.5. The van der Waals surface area contributed by atoms with Crippen LogP contribution in [-0.4, -0.2) is 29.0 Å². The molecule has 0 spiro atoms. The Balaban J connectivity index is 2.49. The van der Waals surface area contributed by atoms with E-state index in [9.17, 15) is 5.11 Å². The molecule has 0 atom stereocenters. The lowest BCUT2D eigenvalue weighted by Gasteiger charge is -2.20. The third-order valence-electron chi connectivity index (χ3n) is 2.57. The smallest absolute Gasteiger partial charge is 0.115 e. The summed E-state index contributed by atoms with van der Waals surface area (Å²) >= 11 is 5.78. The quantitative estimate of drug-likeness (QED) is 0.741. The van der Waals surface area contributed by atoms with Crippen molar-refractivity contribution in [3.8, 4) is 5.75 Å². The van der Waals surface area contributed by atoms with Crippen molar-refractivity contribution in [2.45, 2.75) is 26.3 Å². The van der Waals surface area contributed by atoms with E-state index in [1.165, 1.54) is 18.4 Å². The zero-order valence-electron chi connectivity index (χ0n) is 9.82. The van der Waals surface area contributed by atoms with E-state index in [0.717, 1.165) is 19.6 Å². The monoisotopic (exact) mass is 241 g/mol. The van der Waals surface area contributed by atoms with Gasteiger partial charge in [-0.1, -0.05) is 25.5 Å². The molecule has 0 saturated heterocycles. The Morgan fingerprint density at radius 3 is 2.44 bits per heavy atom. The van der Waals surface area contributed by atoms with Gasteiger partial charge in [-0.15, -0.1) is 11.6 Å². The third-order valence-corrected chi connectivity index (χ3v) is 2.74. The summed E-state index contributed by atoms with van der Waals surface area (Å²) in [6.45, 7) is 5.11. The number of aromatic hydroxyl groups is 1. The van der Waals surface area contributed by atoms with E-state index in [1.807, 2.05) is 12.1 Å². The maximum atomic E-state index is 9.20. The van der Waals surface area contributed by atoms with Gasteiger partial charge in [0.2, 0.25) is 0 Å².